The Morgan fingerprint density at radius 3 is 1.76 bits per heavy atom. The first-order chi connectivity index (χ1) is 18.0. The highest BCUT2D eigenvalue weighted by Gasteiger charge is 2.81. The van der Waals surface area contributed by atoms with E-state index < -0.39 is 74.1 Å². The average molecular weight is 627 g/mol. The van der Waals surface area contributed by atoms with Crippen LogP contribution in [0.5, 0.6) is 0 Å². The van der Waals surface area contributed by atoms with Gasteiger partial charge in [0.1, 0.15) is 16.6 Å². The van der Waals surface area contributed by atoms with Crippen LogP contribution < -0.4 is 11.2 Å². The minimum absolute atomic E-state index is 0.212. The molecular formula is C30H58N2O6Si3. The number of aliphatic hydroxyl groups excluding tert-OH is 1. The Morgan fingerprint density at radius 1 is 0.927 bits per heavy atom. The molecule has 0 aromatic carbocycles. The van der Waals surface area contributed by atoms with Gasteiger partial charge >= 0.3 is 5.69 Å². The summed E-state index contributed by atoms with van der Waals surface area (Å²) in [5.74, 6) is 0. The molecule has 11 heteroatoms. The molecule has 41 heavy (non-hydrogen) atoms. The van der Waals surface area contributed by atoms with Gasteiger partial charge in [0.2, 0.25) is 0 Å². The number of hydrogen-bond donors (Lipinski definition) is 4. The second kappa shape index (κ2) is 10.5. The Balaban J connectivity index is 3.22. The van der Waals surface area contributed by atoms with E-state index in [-0.39, 0.29) is 11.5 Å². The number of aliphatic hydroxyl groups is 3. The van der Waals surface area contributed by atoms with Crippen molar-refractivity contribution in [2.24, 2.45) is 0 Å². The van der Waals surface area contributed by atoms with Gasteiger partial charge in [-0.05, 0) is 21.5 Å². The molecule has 0 saturated carbocycles. The maximum Gasteiger partial charge on any atom is 0.330 e. The third kappa shape index (κ3) is 5.10. The minimum Gasteiger partial charge on any atom is -0.394 e. The summed E-state index contributed by atoms with van der Waals surface area (Å²) in [6.07, 6.45) is 0.725. The van der Waals surface area contributed by atoms with Crippen molar-refractivity contribution >= 4 is 24.2 Å². The summed E-state index contributed by atoms with van der Waals surface area (Å²) in [6, 6.07) is 0. The van der Waals surface area contributed by atoms with Crippen molar-refractivity contribution in [2.75, 3.05) is 0 Å². The SMILES string of the molecule is C=CCc1cn([C@@H]2O[C@H](C(O)[Si](C)(C)C(C)(C)C)[C@](O)([Si](C)(C)C(C)(C)C)[C@]2(O)[Si](C)(C)C(C)(C)C)c(=O)[nH]c1=O. The fourth-order valence-electron chi connectivity index (χ4n) is 5.90. The quantitative estimate of drug-likeness (QED) is 0.246. The van der Waals surface area contributed by atoms with E-state index in [4.69, 9.17) is 4.74 Å². The molecule has 0 radical (unpaired) electrons. The monoisotopic (exact) mass is 626 g/mol. The highest BCUT2D eigenvalue weighted by Crippen LogP contribution is 2.63. The summed E-state index contributed by atoms with van der Waals surface area (Å²) in [6.45, 7) is 34.7. The molecule has 5 atom stereocenters. The predicted molar refractivity (Wildman–Crippen MR) is 177 cm³/mol. The first kappa shape index (κ1) is 36.1. The first-order valence-corrected chi connectivity index (χ1v) is 23.8. The van der Waals surface area contributed by atoms with E-state index in [1.807, 2.05) is 13.1 Å². The van der Waals surface area contributed by atoms with Gasteiger partial charge in [-0.2, -0.15) is 0 Å². The van der Waals surface area contributed by atoms with Gasteiger partial charge in [-0.3, -0.25) is 14.3 Å². The minimum atomic E-state index is -3.08. The van der Waals surface area contributed by atoms with Crippen LogP contribution in [-0.4, -0.2) is 71.4 Å². The van der Waals surface area contributed by atoms with Crippen molar-refractivity contribution < 1.29 is 20.1 Å². The molecule has 4 N–H and O–H groups in total. The van der Waals surface area contributed by atoms with Crippen LogP contribution >= 0.6 is 0 Å². The molecule has 1 unspecified atom stereocenters. The number of ether oxygens (including phenoxy) is 1. The Morgan fingerprint density at radius 2 is 1.37 bits per heavy atom. The zero-order valence-corrected chi connectivity index (χ0v) is 31.3. The zero-order valence-electron chi connectivity index (χ0n) is 28.3. The largest absolute Gasteiger partial charge is 0.394 e. The number of rotatable bonds is 7. The van der Waals surface area contributed by atoms with E-state index in [0.717, 1.165) is 0 Å². The van der Waals surface area contributed by atoms with Gasteiger partial charge in [0, 0.05) is 11.8 Å². The molecule has 236 valence electrons. The molecule has 0 aliphatic carbocycles. The highest BCUT2D eigenvalue weighted by molar-refractivity contribution is 6.90. The van der Waals surface area contributed by atoms with Gasteiger partial charge in [-0.25, -0.2) is 4.79 Å². The molecule has 1 saturated heterocycles. The Hall–Kier alpha value is -1.09. The molecule has 1 aliphatic rings. The number of H-pyrrole nitrogens is 1. The van der Waals surface area contributed by atoms with Crippen molar-refractivity contribution in [1.82, 2.24) is 9.55 Å². The Kier molecular flexibility index (Phi) is 9.26. The van der Waals surface area contributed by atoms with E-state index >= 15 is 0 Å². The number of nitrogens with zero attached hydrogens (tertiary/aromatic N) is 1. The van der Waals surface area contributed by atoms with Crippen molar-refractivity contribution in [2.45, 2.75) is 152 Å². The Bertz CT molecular complexity index is 1260. The van der Waals surface area contributed by atoms with Gasteiger partial charge in [-0.15, -0.1) is 6.58 Å². The molecular weight excluding hydrogens is 569 g/mol. The highest BCUT2D eigenvalue weighted by atomic mass is 28.3. The predicted octanol–water partition coefficient (Wildman–Crippen LogP) is 5.13. The second-order valence-electron chi connectivity index (χ2n) is 16.9. The molecule has 2 heterocycles. The molecule has 1 aliphatic heterocycles. The van der Waals surface area contributed by atoms with Crippen LogP contribution in [0, 0.1) is 0 Å². The molecule has 1 fully saturated rings. The van der Waals surface area contributed by atoms with Crippen molar-refractivity contribution in [3.63, 3.8) is 0 Å². The topological polar surface area (TPSA) is 125 Å². The number of allylic oxidation sites excluding steroid dienone is 1. The second-order valence-corrected chi connectivity index (χ2v) is 33.5. The molecule has 1 aromatic heterocycles. The van der Waals surface area contributed by atoms with Crippen LogP contribution in [0.4, 0.5) is 0 Å². The normalized spacial score (nSPS) is 27.7. The average Bonchev–Trinajstić information content (AvgIpc) is 3.02. The third-order valence-corrected chi connectivity index (χ3v) is 30.4. The van der Waals surface area contributed by atoms with Crippen LogP contribution in [0.25, 0.3) is 0 Å². The van der Waals surface area contributed by atoms with Gasteiger partial charge in [-0.1, -0.05) is 108 Å². The molecule has 0 amide bonds. The first-order valence-electron chi connectivity index (χ1n) is 14.7. The fourth-order valence-corrected chi connectivity index (χ4v) is 16.1. The van der Waals surface area contributed by atoms with E-state index in [1.165, 1.54) is 10.8 Å². The molecule has 0 bridgehead atoms. The van der Waals surface area contributed by atoms with Crippen LogP contribution in [0.2, 0.25) is 54.4 Å². The number of aromatic nitrogens is 2. The summed E-state index contributed by atoms with van der Waals surface area (Å²) in [5, 5.41) is 34.5. The van der Waals surface area contributed by atoms with Gasteiger partial charge in [0.25, 0.3) is 5.56 Å². The van der Waals surface area contributed by atoms with Crippen molar-refractivity contribution in [3.8, 4) is 0 Å². The van der Waals surface area contributed by atoms with Crippen LogP contribution in [0.15, 0.2) is 28.4 Å². The summed E-state index contributed by atoms with van der Waals surface area (Å²) >= 11 is 0. The number of nitrogens with one attached hydrogen (secondary N) is 1. The van der Waals surface area contributed by atoms with E-state index in [2.05, 4.69) is 100 Å². The zero-order chi connectivity index (χ0) is 32.6. The van der Waals surface area contributed by atoms with Crippen LogP contribution in [-0.2, 0) is 11.2 Å². The third-order valence-electron chi connectivity index (χ3n) is 11.9. The van der Waals surface area contributed by atoms with Gasteiger partial charge < -0.3 is 20.1 Å². The lowest BCUT2D eigenvalue weighted by atomic mass is 10.1. The molecule has 0 spiro atoms. The van der Waals surface area contributed by atoms with E-state index in [1.54, 1.807) is 6.08 Å². The fraction of sp³-hybridized carbons (Fsp3) is 0.800. The van der Waals surface area contributed by atoms with Crippen LogP contribution in [0.1, 0.15) is 74.1 Å². The number of hydrogen-bond acceptors (Lipinski definition) is 6. The summed E-state index contributed by atoms with van der Waals surface area (Å²) in [7, 11) is -8.73. The smallest absolute Gasteiger partial charge is 0.330 e. The van der Waals surface area contributed by atoms with Gasteiger partial charge in [0.15, 0.2) is 6.23 Å². The Labute approximate surface area is 250 Å². The summed E-state index contributed by atoms with van der Waals surface area (Å²) in [5.41, 5.74) is -2.03. The van der Waals surface area contributed by atoms with Crippen LogP contribution in [0.3, 0.4) is 0 Å². The lowest BCUT2D eigenvalue weighted by Gasteiger charge is -2.62. The lowest BCUT2D eigenvalue weighted by Crippen LogP contribution is -2.83. The molecule has 1 aromatic rings. The molecule has 2 rings (SSSR count). The maximum absolute atomic E-state index is 13.6. The standard InChI is InChI=1S/C30H58N2O6Si3/c1-17-18-20-19-32(25(35)31-22(20)33)24-30(37,41(15,16)28(8,9)10)29(36,40(13,14)27(5,6)7)21(38-24)23(34)39(11,12)26(2,3)4/h17,19,21,23-24,34,36-37H,1,18H2,2-16H3,(H,31,33,35)/t21-,23?,24-,29+,30-/m1/s1. The lowest BCUT2D eigenvalue weighted by molar-refractivity contribution is -0.0783. The number of aromatic amines is 1. The van der Waals surface area contributed by atoms with Gasteiger partial charge in [0.05, 0.1) is 29.9 Å². The van der Waals surface area contributed by atoms with Crippen molar-refractivity contribution in [3.05, 3.63) is 45.3 Å². The van der Waals surface area contributed by atoms with E-state index in [9.17, 15) is 24.9 Å². The molecule has 8 nitrogen and oxygen atoms in total. The summed E-state index contributed by atoms with van der Waals surface area (Å²) in [4.78, 5) is 28.6. The van der Waals surface area contributed by atoms with E-state index in [0.29, 0.717) is 5.56 Å². The van der Waals surface area contributed by atoms with Crippen molar-refractivity contribution in [1.29, 1.82) is 0 Å². The maximum atomic E-state index is 13.6. The summed E-state index contributed by atoms with van der Waals surface area (Å²) < 4.78 is 8.06.